The lowest BCUT2D eigenvalue weighted by Gasteiger charge is -2.16. The maximum atomic E-state index is 2.42. The summed E-state index contributed by atoms with van der Waals surface area (Å²) in [4.78, 5) is 0. The highest BCUT2D eigenvalue weighted by molar-refractivity contribution is 6.61. The molecule has 0 spiro atoms. The lowest BCUT2D eigenvalue weighted by molar-refractivity contribution is 0.645. The van der Waals surface area contributed by atoms with E-state index in [4.69, 9.17) is 0 Å². The zero-order chi connectivity index (χ0) is 7.98. The van der Waals surface area contributed by atoms with Crippen LogP contribution in [0.1, 0.15) is 20.3 Å². The summed E-state index contributed by atoms with van der Waals surface area (Å²) >= 11 is 0. The molecule has 0 heterocycles. The molecule has 0 aliphatic heterocycles. The summed E-state index contributed by atoms with van der Waals surface area (Å²) in [5.74, 6) is 0. The molecule has 1 nitrogen and oxygen atoms in total. The van der Waals surface area contributed by atoms with Gasteiger partial charge in [0.05, 0.1) is 0 Å². The maximum Gasteiger partial charge on any atom is 0.135 e. The van der Waals surface area contributed by atoms with Crippen molar-refractivity contribution in [2.75, 3.05) is 14.1 Å². The van der Waals surface area contributed by atoms with Gasteiger partial charge in [-0.15, -0.1) is 0 Å². The van der Waals surface area contributed by atoms with Crippen molar-refractivity contribution in [2.24, 2.45) is 0 Å². The molecule has 0 amide bonds. The third-order valence-electron chi connectivity index (χ3n) is 1.68. The van der Waals surface area contributed by atoms with E-state index in [1.165, 1.54) is 12.5 Å². The zero-order valence-electron chi connectivity index (χ0n) is 7.59. The van der Waals surface area contributed by atoms with Crippen LogP contribution in [0.15, 0.2) is 11.8 Å². The molecule has 0 aromatic carbocycles. The maximum absolute atomic E-state index is 2.42. The molecule has 0 aliphatic rings. The van der Waals surface area contributed by atoms with Gasteiger partial charge in [-0.25, -0.2) is 0 Å². The van der Waals surface area contributed by atoms with Crippen LogP contribution in [-0.4, -0.2) is 27.6 Å². The quantitative estimate of drug-likeness (QED) is 0.562. The van der Waals surface area contributed by atoms with Gasteiger partial charge in [0, 0.05) is 0 Å². The Kier molecular flexibility index (Phi) is 5.64. The SMILES string of the molecule is CCC=C[SiH](CC)N(C)C. The predicted octanol–water partition coefficient (Wildman–Crippen LogP) is 1.80. The van der Waals surface area contributed by atoms with E-state index in [-0.39, 0.29) is 0 Å². The Morgan fingerprint density at radius 1 is 1.30 bits per heavy atom. The van der Waals surface area contributed by atoms with Crippen molar-refractivity contribution in [3.05, 3.63) is 11.8 Å². The van der Waals surface area contributed by atoms with Crippen LogP contribution >= 0.6 is 0 Å². The average Bonchev–Trinajstić information content (AvgIpc) is 1.89. The monoisotopic (exact) mass is 157 g/mol. The van der Waals surface area contributed by atoms with Crippen molar-refractivity contribution < 1.29 is 0 Å². The molecular weight excluding hydrogens is 138 g/mol. The molecule has 0 aromatic heterocycles. The molecule has 0 fully saturated rings. The molecule has 0 bridgehead atoms. The highest BCUT2D eigenvalue weighted by atomic mass is 28.3. The van der Waals surface area contributed by atoms with E-state index in [0.29, 0.717) is 0 Å². The fraction of sp³-hybridized carbons (Fsp3) is 0.750. The van der Waals surface area contributed by atoms with E-state index in [1.54, 1.807) is 0 Å². The molecule has 0 saturated carbocycles. The van der Waals surface area contributed by atoms with Crippen LogP contribution in [0.25, 0.3) is 0 Å². The molecule has 0 N–H and O–H groups in total. The Hall–Kier alpha value is -0.0831. The summed E-state index contributed by atoms with van der Waals surface area (Å²) < 4.78 is 2.38. The van der Waals surface area contributed by atoms with E-state index < -0.39 is 8.96 Å². The second-order valence-corrected chi connectivity index (χ2v) is 6.14. The molecule has 60 valence electrons. The van der Waals surface area contributed by atoms with Gasteiger partial charge in [-0.2, -0.15) is 0 Å². The fourth-order valence-corrected chi connectivity index (χ4v) is 2.90. The smallest absolute Gasteiger partial charge is 0.135 e. The average molecular weight is 157 g/mol. The molecule has 10 heavy (non-hydrogen) atoms. The predicted molar refractivity (Wildman–Crippen MR) is 50.7 cm³/mol. The van der Waals surface area contributed by atoms with E-state index in [9.17, 15) is 0 Å². The van der Waals surface area contributed by atoms with E-state index in [1.807, 2.05) is 0 Å². The minimum atomic E-state index is -0.651. The van der Waals surface area contributed by atoms with Crippen LogP contribution < -0.4 is 0 Å². The number of nitrogens with zero attached hydrogens (tertiary/aromatic N) is 1. The normalized spacial score (nSPS) is 14.9. The van der Waals surface area contributed by atoms with E-state index in [0.717, 1.165) is 0 Å². The lowest BCUT2D eigenvalue weighted by atomic mass is 10.5. The Labute approximate surface area is 66.4 Å². The first-order valence-electron chi connectivity index (χ1n) is 4.05. The van der Waals surface area contributed by atoms with Crippen LogP contribution in [0.4, 0.5) is 0 Å². The van der Waals surface area contributed by atoms with Gasteiger partial charge in [0.15, 0.2) is 0 Å². The number of hydrogen-bond donors (Lipinski definition) is 0. The molecule has 0 radical (unpaired) electrons. The summed E-state index contributed by atoms with van der Waals surface area (Å²) in [5, 5.41) is 0. The van der Waals surface area contributed by atoms with Crippen molar-refractivity contribution in [2.45, 2.75) is 26.3 Å². The second-order valence-electron chi connectivity index (χ2n) is 2.78. The van der Waals surface area contributed by atoms with Gasteiger partial charge < -0.3 is 4.57 Å². The van der Waals surface area contributed by atoms with Gasteiger partial charge in [-0.1, -0.05) is 25.6 Å². The van der Waals surface area contributed by atoms with Crippen LogP contribution in [0.3, 0.4) is 0 Å². The second kappa shape index (κ2) is 5.68. The Balaban J connectivity index is 3.71. The van der Waals surface area contributed by atoms with Gasteiger partial charge in [-0.05, 0) is 26.6 Å². The van der Waals surface area contributed by atoms with Crippen molar-refractivity contribution in [1.29, 1.82) is 0 Å². The topological polar surface area (TPSA) is 3.24 Å². The minimum Gasteiger partial charge on any atom is -0.328 e. The van der Waals surface area contributed by atoms with Gasteiger partial charge in [-0.3, -0.25) is 0 Å². The summed E-state index contributed by atoms with van der Waals surface area (Å²) in [5.41, 5.74) is 2.42. The number of allylic oxidation sites excluding steroid dienone is 1. The molecule has 1 unspecified atom stereocenters. The fourth-order valence-electron chi connectivity index (χ4n) is 0.967. The zero-order valence-corrected chi connectivity index (χ0v) is 8.75. The van der Waals surface area contributed by atoms with Crippen molar-refractivity contribution >= 4 is 8.96 Å². The largest absolute Gasteiger partial charge is 0.328 e. The minimum absolute atomic E-state index is 0.651. The molecule has 2 heteroatoms. The van der Waals surface area contributed by atoms with Crippen LogP contribution in [0, 0.1) is 0 Å². The highest BCUT2D eigenvalue weighted by Crippen LogP contribution is 1.96. The van der Waals surface area contributed by atoms with Crippen LogP contribution in [-0.2, 0) is 0 Å². The number of hydrogen-bond acceptors (Lipinski definition) is 1. The third kappa shape index (κ3) is 3.85. The molecule has 0 rings (SSSR count). The van der Waals surface area contributed by atoms with Crippen molar-refractivity contribution in [3.8, 4) is 0 Å². The Morgan fingerprint density at radius 2 is 1.90 bits per heavy atom. The van der Waals surface area contributed by atoms with Crippen molar-refractivity contribution in [1.82, 2.24) is 4.57 Å². The Morgan fingerprint density at radius 3 is 2.20 bits per heavy atom. The summed E-state index contributed by atoms with van der Waals surface area (Å²) in [6.07, 6.45) is 3.47. The Bertz CT molecular complexity index is 99.4. The first-order chi connectivity index (χ1) is 4.72. The highest BCUT2D eigenvalue weighted by Gasteiger charge is 2.04. The van der Waals surface area contributed by atoms with Gasteiger partial charge in [0.1, 0.15) is 8.96 Å². The molecule has 0 aliphatic carbocycles. The molecule has 1 atom stereocenters. The summed E-state index contributed by atoms with van der Waals surface area (Å²) in [7, 11) is 3.71. The standard InChI is InChI=1S/C8H19NSi/c1-5-7-8-10(6-2)9(3)4/h7-8,10H,5-6H2,1-4H3. The van der Waals surface area contributed by atoms with E-state index >= 15 is 0 Å². The first-order valence-corrected chi connectivity index (χ1v) is 6.05. The summed E-state index contributed by atoms with van der Waals surface area (Å²) in [6.45, 7) is 4.46. The van der Waals surface area contributed by atoms with Gasteiger partial charge >= 0.3 is 0 Å². The van der Waals surface area contributed by atoms with Crippen LogP contribution in [0.2, 0.25) is 6.04 Å². The third-order valence-corrected chi connectivity index (χ3v) is 4.56. The summed E-state index contributed by atoms with van der Waals surface area (Å²) in [6, 6.07) is 1.34. The van der Waals surface area contributed by atoms with Gasteiger partial charge in [0.2, 0.25) is 0 Å². The lowest BCUT2D eigenvalue weighted by Crippen LogP contribution is -2.29. The molecule has 0 aromatic rings. The van der Waals surface area contributed by atoms with Crippen molar-refractivity contribution in [3.63, 3.8) is 0 Å². The van der Waals surface area contributed by atoms with Gasteiger partial charge in [0.25, 0.3) is 0 Å². The molecule has 0 saturated heterocycles. The van der Waals surface area contributed by atoms with Crippen LogP contribution in [0.5, 0.6) is 0 Å². The van der Waals surface area contributed by atoms with E-state index in [2.05, 4.69) is 44.3 Å². The molecular formula is C8H19NSi. The number of rotatable bonds is 4. The first kappa shape index (κ1) is 9.92.